The molecule has 27 heavy (non-hydrogen) atoms. The summed E-state index contributed by atoms with van der Waals surface area (Å²) in [5.74, 6) is -0.369. The molecular weight excluding hydrogens is 384 g/mol. The molecule has 134 valence electrons. The summed E-state index contributed by atoms with van der Waals surface area (Å²) >= 11 is 4.57. The zero-order chi connectivity index (χ0) is 19.0. The van der Waals surface area contributed by atoms with Gasteiger partial charge in [0.2, 0.25) is 0 Å². The van der Waals surface area contributed by atoms with E-state index in [1.807, 2.05) is 12.1 Å². The molecule has 7 heteroatoms. The van der Waals surface area contributed by atoms with Crippen LogP contribution in [0.1, 0.15) is 10.4 Å². The fourth-order valence-electron chi connectivity index (χ4n) is 2.71. The van der Waals surface area contributed by atoms with Crippen LogP contribution in [-0.4, -0.2) is 25.6 Å². The number of carbonyl (C=O) groups is 1. The van der Waals surface area contributed by atoms with Crippen molar-refractivity contribution in [3.63, 3.8) is 0 Å². The Balaban J connectivity index is 1.62. The van der Waals surface area contributed by atoms with Crippen molar-refractivity contribution in [2.75, 3.05) is 0 Å². The smallest absolute Gasteiger partial charge is 0.335 e. The van der Waals surface area contributed by atoms with Crippen molar-refractivity contribution < 1.29 is 14.5 Å². The minimum absolute atomic E-state index is 0.189. The van der Waals surface area contributed by atoms with E-state index in [4.69, 9.17) is 16.7 Å². The lowest BCUT2D eigenvalue weighted by molar-refractivity contribution is 0.0697. The molecule has 0 aliphatic rings. The number of carboxylic acid groups (broad SMARTS) is 1. The van der Waals surface area contributed by atoms with E-state index < -0.39 is 17.1 Å². The highest BCUT2D eigenvalue weighted by Gasteiger charge is 2.15. The minimum atomic E-state index is -1.30. The number of carboxylic acids is 1. The van der Waals surface area contributed by atoms with Gasteiger partial charge < -0.3 is 14.6 Å². The number of aromatic carboxylic acids is 1. The van der Waals surface area contributed by atoms with Crippen molar-refractivity contribution in [2.24, 2.45) is 0 Å². The van der Waals surface area contributed by atoms with Crippen LogP contribution in [0.3, 0.4) is 0 Å². The summed E-state index contributed by atoms with van der Waals surface area (Å²) in [5, 5.41) is 9.68. The molecule has 0 saturated heterocycles. The van der Waals surface area contributed by atoms with Crippen molar-refractivity contribution >= 4 is 39.8 Å². The molecule has 1 heterocycles. The summed E-state index contributed by atoms with van der Waals surface area (Å²) < 4.78 is 12.6. The quantitative estimate of drug-likeness (QED) is 0.487. The van der Waals surface area contributed by atoms with Gasteiger partial charge in [-0.3, -0.25) is 0 Å². The van der Waals surface area contributed by atoms with E-state index in [-0.39, 0.29) is 5.56 Å². The predicted octanol–water partition coefficient (Wildman–Crippen LogP) is 4.75. The lowest BCUT2D eigenvalue weighted by atomic mass is 10.2. The van der Waals surface area contributed by atoms with Gasteiger partial charge in [0.15, 0.2) is 9.79 Å². The largest absolute Gasteiger partial charge is 0.606 e. The molecule has 0 amide bonds. The molecular formula is C20H13ClN2O3S. The van der Waals surface area contributed by atoms with Gasteiger partial charge in [-0.1, -0.05) is 11.6 Å². The van der Waals surface area contributed by atoms with Gasteiger partial charge in [-0.25, -0.2) is 9.78 Å². The Hall–Kier alpha value is -2.80. The van der Waals surface area contributed by atoms with Gasteiger partial charge >= 0.3 is 5.97 Å². The van der Waals surface area contributed by atoms with E-state index in [0.717, 1.165) is 11.1 Å². The SMILES string of the molecule is O=C(O)c1ccc2[nH]c(-c3ccc([S+]([O-])c4ccc(Cl)cc4)cc3)nc2c1. The summed E-state index contributed by atoms with van der Waals surface area (Å²) in [7, 11) is 0. The second kappa shape index (κ2) is 7.08. The molecule has 4 rings (SSSR count). The predicted molar refractivity (Wildman–Crippen MR) is 105 cm³/mol. The van der Waals surface area contributed by atoms with Gasteiger partial charge in [-0.05, 0) is 66.7 Å². The zero-order valence-corrected chi connectivity index (χ0v) is 15.4. The summed E-state index contributed by atoms with van der Waals surface area (Å²) in [5.41, 5.74) is 2.34. The number of fused-ring (bicyclic) bond motifs is 1. The number of halogens is 1. The number of imidazole rings is 1. The number of hydrogen-bond donors (Lipinski definition) is 2. The highest BCUT2D eigenvalue weighted by atomic mass is 35.5. The molecule has 0 aliphatic carbocycles. The average Bonchev–Trinajstić information content (AvgIpc) is 3.11. The Morgan fingerprint density at radius 2 is 1.63 bits per heavy atom. The van der Waals surface area contributed by atoms with Crippen molar-refractivity contribution in [3.8, 4) is 11.4 Å². The van der Waals surface area contributed by atoms with E-state index >= 15 is 0 Å². The maximum absolute atomic E-state index is 12.6. The van der Waals surface area contributed by atoms with Crippen molar-refractivity contribution in [1.82, 2.24) is 9.97 Å². The molecule has 0 aliphatic heterocycles. The Morgan fingerprint density at radius 3 is 2.26 bits per heavy atom. The van der Waals surface area contributed by atoms with Gasteiger partial charge in [-0.15, -0.1) is 0 Å². The first kappa shape index (κ1) is 17.6. The topological polar surface area (TPSA) is 89.0 Å². The molecule has 3 aromatic carbocycles. The van der Waals surface area contributed by atoms with Crippen LogP contribution in [0.4, 0.5) is 0 Å². The van der Waals surface area contributed by atoms with Gasteiger partial charge in [-0.2, -0.15) is 0 Å². The lowest BCUT2D eigenvalue weighted by Crippen LogP contribution is -2.01. The Bertz CT molecular complexity index is 1120. The molecule has 2 N–H and O–H groups in total. The van der Waals surface area contributed by atoms with Crippen LogP contribution < -0.4 is 0 Å². The standard InChI is InChI=1S/C20H13ClN2O3S/c21-14-4-8-16(9-5-14)27(26)15-6-1-12(2-7-15)19-22-17-10-3-13(20(24)25)11-18(17)23-19/h1-11H,(H,22,23)(H,24,25). The molecule has 0 spiro atoms. The van der Waals surface area contributed by atoms with Gasteiger partial charge in [0.25, 0.3) is 0 Å². The monoisotopic (exact) mass is 396 g/mol. The summed E-state index contributed by atoms with van der Waals surface area (Å²) in [6.45, 7) is 0. The summed E-state index contributed by atoms with van der Waals surface area (Å²) in [4.78, 5) is 20.1. The zero-order valence-electron chi connectivity index (χ0n) is 13.8. The molecule has 1 atom stereocenters. The van der Waals surface area contributed by atoms with Crippen LogP contribution in [0.2, 0.25) is 5.02 Å². The van der Waals surface area contributed by atoms with Crippen LogP contribution in [0.15, 0.2) is 76.5 Å². The summed E-state index contributed by atoms with van der Waals surface area (Å²) in [6, 6.07) is 18.9. The third kappa shape index (κ3) is 3.55. The Morgan fingerprint density at radius 1 is 1.00 bits per heavy atom. The van der Waals surface area contributed by atoms with E-state index in [1.165, 1.54) is 12.1 Å². The third-order valence-electron chi connectivity index (χ3n) is 4.10. The van der Waals surface area contributed by atoms with Crippen LogP contribution in [0.5, 0.6) is 0 Å². The fraction of sp³-hybridized carbons (Fsp3) is 0. The molecule has 0 bridgehead atoms. The first-order valence-electron chi connectivity index (χ1n) is 8.02. The molecule has 5 nitrogen and oxygen atoms in total. The summed E-state index contributed by atoms with van der Waals surface area (Å²) in [6.07, 6.45) is 0. The Labute approximate surface area is 162 Å². The van der Waals surface area contributed by atoms with Crippen molar-refractivity contribution in [3.05, 3.63) is 77.3 Å². The van der Waals surface area contributed by atoms with E-state index in [1.54, 1.807) is 42.5 Å². The number of rotatable bonds is 4. The number of hydrogen-bond acceptors (Lipinski definition) is 3. The van der Waals surface area contributed by atoms with Crippen LogP contribution in [0, 0.1) is 0 Å². The van der Waals surface area contributed by atoms with Gasteiger partial charge in [0.1, 0.15) is 5.82 Å². The van der Waals surface area contributed by atoms with Gasteiger partial charge in [0, 0.05) is 21.8 Å². The lowest BCUT2D eigenvalue weighted by Gasteiger charge is -2.10. The average molecular weight is 397 g/mol. The maximum atomic E-state index is 12.6. The van der Waals surface area contributed by atoms with Crippen LogP contribution >= 0.6 is 11.6 Å². The third-order valence-corrected chi connectivity index (χ3v) is 5.75. The maximum Gasteiger partial charge on any atom is 0.335 e. The molecule has 0 fully saturated rings. The van der Waals surface area contributed by atoms with Crippen LogP contribution in [-0.2, 0) is 11.2 Å². The molecule has 0 saturated carbocycles. The molecule has 1 unspecified atom stereocenters. The van der Waals surface area contributed by atoms with Crippen molar-refractivity contribution in [1.29, 1.82) is 0 Å². The minimum Gasteiger partial charge on any atom is -0.606 e. The number of aromatic nitrogens is 2. The van der Waals surface area contributed by atoms with E-state index in [9.17, 15) is 9.35 Å². The molecule has 1 aromatic heterocycles. The highest BCUT2D eigenvalue weighted by Crippen LogP contribution is 2.26. The number of benzene rings is 3. The second-order valence-electron chi connectivity index (χ2n) is 5.87. The first-order valence-corrected chi connectivity index (χ1v) is 9.55. The van der Waals surface area contributed by atoms with Crippen LogP contribution in [0.25, 0.3) is 22.4 Å². The fourth-order valence-corrected chi connectivity index (χ4v) is 3.87. The number of nitrogens with zero attached hydrogens (tertiary/aromatic N) is 1. The second-order valence-corrected chi connectivity index (χ2v) is 7.79. The van der Waals surface area contributed by atoms with E-state index in [0.29, 0.717) is 26.2 Å². The Kier molecular flexibility index (Phi) is 4.61. The number of nitrogens with one attached hydrogen (secondary N) is 1. The first-order chi connectivity index (χ1) is 13.0. The van der Waals surface area contributed by atoms with Crippen molar-refractivity contribution in [2.45, 2.75) is 9.79 Å². The van der Waals surface area contributed by atoms with Gasteiger partial charge in [0.05, 0.1) is 16.6 Å². The number of aromatic amines is 1. The number of H-pyrrole nitrogens is 1. The normalized spacial score (nSPS) is 12.2. The molecule has 4 aromatic rings. The van der Waals surface area contributed by atoms with E-state index in [2.05, 4.69) is 9.97 Å². The highest BCUT2D eigenvalue weighted by molar-refractivity contribution is 7.91. The molecule has 0 radical (unpaired) electrons.